The number of sulfonamides is 1. The summed E-state index contributed by atoms with van der Waals surface area (Å²) in [6.45, 7) is 4.32. The molecule has 0 heterocycles. The number of rotatable bonds is 10. The molecular weight excluding hydrogens is 436 g/mol. The van der Waals surface area contributed by atoms with Crippen LogP contribution in [0, 0.1) is 0 Å². The smallest absolute Gasteiger partial charge is 0.243 e. The van der Waals surface area contributed by atoms with Crippen molar-refractivity contribution in [1.82, 2.24) is 4.90 Å². The summed E-state index contributed by atoms with van der Waals surface area (Å²) < 4.78 is 32.0. The molecule has 0 saturated heterocycles. The molecule has 0 fully saturated rings. The highest BCUT2D eigenvalue weighted by molar-refractivity contribution is 7.92. The molecule has 6 nitrogen and oxygen atoms in total. The predicted molar refractivity (Wildman–Crippen MR) is 132 cm³/mol. The molecule has 0 spiro atoms. The molecule has 3 rings (SSSR count). The number of nitrogens with zero attached hydrogens (tertiary/aromatic N) is 2. The molecule has 0 bridgehead atoms. The SMILES string of the molecule is CC(C)Oc1ccc(N(CC(=O)N(Cc2ccccc2)Cc2ccccc2)S(C)(=O)=O)cc1. The Labute approximate surface area is 196 Å². The lowest BCUT2D eigenvalue weighted by Crippen LogP contribution is -2.42. The van der Waals surface area contributed by atoms with E-state index in [0.29, 0.717) is 24.5 Å². The van der Waals surface area contributed by atoms with Crippen molar-refractivity contribution in [2.75, 3.05) is 17.1 Å². The van der Waals surface area contributed by atoms with Crippen LogP contribution < -0.4 is 9.04 Å². The van der Waals surface area contributed by atoms with Gasteiger partial charge in [-0.05, 0) is 49.2 Å². The molecule has 0 aliphatic rings. The van der Waals surface area contributed by atoms with Gasteiger partial charge >= 0.3 is 0 Å². The van der Waals surface area contributed by atoms with Crippen molar-refractivity contribution in [3.05, 3.63) is 96.1 Å². The summed E-state index contributed by atoms with van der Waals surface area (Å²) in [5, 5.41) is 0. The number of ether oxygens (including phenoxy) is 1. The first kappa shape index (κ1) is 24.3. The first-order chi connectivity index (χ1) is 15.7. The fourth-order valence-electron chi connectivity index (χ4n) is 3.43. The maximum Gasteiger partial charge on any atom is 0.243 e. The quantitative estimate of drug-likeness (QED) is 0.442. The minimum Gasteiger partial charge on any atom is -0.491 e. The van der Waals surface area contributed by atoms with Crippen molar-refractivity contribution in [3.8, 4) is 5.75 Å². The van der Waals surface area contributed by atoms with Crippen molar-refractivity contribution < 1.29 is 17.9 Å². The summed E-state index contributed by atoms with van der Waals surface area (Å²) in [6, 6.07) is 26.1. The van der Waals surface area contributed by atoms with Crippen LogP contribution >= 0.6 is 0 Å². The summed E-state index contributed by atoms with van der Waals surface area (Å²) in [7, 11) is -3.68. The zero-order chi connectivity index (χ0) is 23.8. The summed E-state index contributed by atoms with van der Waals surface area (Å²) >= 11 is 0. The second-order valence-corrected chi connectivity index (χ2v) is 10.1. The summed E-state index contributed by atoms with van der Waals surface area (Å²) in [6.07, 6.45) is 1.12. The van der Waals surface area contributed by atoms with Gasteiger partial charge in [0.15, 0.2) is 0 Å². The average molecular weight is 467 g/mol. The summed E-state index contributed by atoms with van der Waals surface area (Å²) in [5.74, 6) is 0.360. The van der Waals surface area contributed by atoms with Crippen LogP contribution in [-0.4, -0.2) is 38.1 Å². The third-order valence-electron chi connectivity index (χ3n) is 4.96. The van der Waals surface area contributed by atoms with E-state index in [9.17, 15) is 13.2 Å². The van der Waals surface area contributed by atoms with Crippen LogP contribution in [0.5, 0.6) is 5.75 Å². The largest absolute Gasteiger partial charge is 0.491 e. The van der Waals surface area contributed by atoms with E-state index >= 15 is 0 Å². The van der Waals surface area contributed by atoms with Crippen LogP contribution in [-0.2, 0) is 27.9 Å². The second kappa shape index (κ2) is 11.0. The van der Waals surface area contributed by atoms with Crippen LogP contribution in [0.4, 0.5) is 5.69 Å². The van der Waals surface area contributed by atoms with Gasteiger partial charge in [0.25, 0.3) is 0 Å². The van der Waals surface area contributed by atoms with E-state index in [1.165, 1.54) is 0 Å². The van der Waals surface area contributed by atoms with E-state index in [4.69, 9.17) is 4.74 Å². The number of carbonyl (C=O) groups is 1. The number of hydrogen-bond acceptors (Lipinski definition) is 4. The molecule has 0 radical (unpaired) electrons. The third-order valence-corrected chi connectivity index (χ3v) is 6.10. The van der Waals surface area contributed by atoms with E-state index in [0.717, 1.165) is 21.7 Å². The Balaban J connectivity index is 1.84. The van der Waals surface area contributed by atoms with Gasteiger partial charge in [-0.2, -0.15) is 0 Å². The lowest BCUT2D eigenvalue weighted by molar-refractivity contribution is -0.130. The molecule has 0 saturated carbocycles. The highest BCUT2D eigenvalue weighted by Crippen LogP contribution is 2.23. The van der Waals surface area contributed by atoms with Gasteiger partial charge in [-0.3, -0.25) is 9.10 Å². The van der Waals surface area contributed by atoms with Gasteiger partial charge in [0, 0.05) is 13.1 Å². The molecule has 33 heavy (non-hydrogen) atoms. The molecule has 0 aliphatic heterocycles. The zero-order valence-electron chi connectivity index (χ0n) is 19.2. The van der Waals surface area contributed by atoms with E-state index in [1.807, 2.05) is 74.5 Å². The van der Waals surface area contributed by atoms with E-state index < -0.39 is 10.0 Å². The molecule has 0 atom stereocenters. The van der Waals surface area contributed by atoms with Gasteiger partial charge in [0.1, 0.15) is 12.3 Å². The molecule has 174 valence electrons. The molecule has 0 N–H and O–H groups in total. The Morgan fingerprint density at radius 2 is 1.30 bits per heavy atom. The number of hydrogen-bond donors (Lipinski definition) is 0. The Morgan fingerprint density at radius 1 is 0.818 bits per heavy atom. The van der Waals surface area contributed by atoms with Gasteiger partial charge in [-0.1, -0.05) is 60.7 Å². The van der Waals surface area contributed by atoms with Crippen LogP contribution in [0.25, 0.3) is 0 Å². The van der Waals surface area contributed by atoms with Crippen LogP contribution in [0.1, 0.15) is 25.0 Å². The molecule has 0 unspecified atom stereocenters. The van der Waals surface area contributed by atoms with Crippen molar-refractivity contribution in [1.29, 1.82) is 0 Å². The Hall–Kier alpha value is -3.32. The summed E-state index contributed by atoms with van der Waals surface area (Å²) in [4.78, 5) is 15.1. The van der Waals surface area contributed by atoms with Crippen LogP contribution in [0.2, 0.25) is 0 Å². The minimum atomic E-state index is -3.68. The van der Waals surface area contributed by atoms with Crippen molar-refractivity contribution in [3.63, 3.8) is 0 Å². The molecule has 1 amide bonds. The molecule has 0 aromatic heterocycles. The monoisotopic (exact) mass is 466 g/mol. The van der Waals surface area contributed by atoms with Crippen molar-refractivity contribution >= 4 is 21.6 Å². The fraction of sp³-hybridized carbons (Fsp3) is 0.269. The average Bonchev–Trinajstić information content (AvgIpc) is 2.78. The number of anilines is 1. The highest BCUT2D eigenvalue weighted by Gasteiger charge is 2.24. The van der Waals surface area contributed by atoms with E-state index in [2.05, 4.69) is 0 Å². The van der Waals surface area contributed by atoms with Gasteiger partial charge in [0.05, 0.1) is 18.0 Å². The molecule has 7 heteroatoms. The van der Waals surface area contributed by atoms with Gasteiger partial charge in [-0.25, -0.2) is 8.42 Å². The van der Waals surface area contributed by atoms with Gasteiger partial charge in [0.2, 0.25) is 15.9 Å². The predicted octanol–water partition coefficient (Wildman–Crippen LogP) is 4.47. The molecule has 0 aliphatic carbocycles. The topological polar surface area (TPSA) is 66.9 Å². The second-order valence-electron chi connectivity index (χ2n) is 8.15. The fourth-order valence-corrected chi connectivity index (χ4v) is 4.28. The molecule has 3 aromatic rings. The lowest BCUT2D eigenvalue weighted by Gasteiger charge is -2.28. The maximum absolute atomic E-state index is 13.4. The van der Waals surface area contributed by atoms with Crippen LogP contribution in [0.3, 0.4) is 0 Å². The van der Waals surface area contributed by atoms with Gasteiger partial charge in [-0.15, -0.1) is 0 Å². The number of benzene rings is 3. The third kappa shape index (κ3) is 7.36. The standard InChI is InChI=1S/C26H30N2O4S/c1-21(2)32-25-16-14-24(15-17-25)28(33(3,30)31)20-26(29)27(18-22-10-6-4-7-11-22)19-23-12-8-5-9-13-23/h4-17,21H,18-20H2,1-3H3. The molecular formula is C26H30N2O4S. The van der Waals surface area contributed by atoms with Crippen molar-refractivity contribution in [2.45, 2.75) is 33.0 Å². The number of carbonyl (C=O) groups excluding carboxylic acids is 1. The Morgan fingerprint density at radius 3 is 1.73 bits per heavy atom. The highest BCUT2D eigenvalue weighted by atomic mass is 32.2. The zero-order valence-corrected chi connectivity index (χ0v) is 20.0. The summed E-state index contributed by atoms with van der Waals surface area (Å²) in [5.41, 5.74) is 2.37. The molecule has 3 aromatic carbocycles. The number of amides is 1. The van der Waals surface area contributed by atoms with Crippen molar-refractivity contribution in [2.24, 2.45) is 0 Å². The first-order valence-electron chi connectivity index (χ1n) is 10.8. The van der Waals surface area contributed by atoms with Gasteiger partial charge < -0.3 is 9.64 Å². The van der Waals surface area contributed by atoms with E-state index in [1.54, 1.807) is 29.2 Å². The first-order valence-corrected chi connectivity index (χ1v) is 12.7. The van der Waals surface area contributed by atoms with Crippen LogP contribution in [0.15, 0.2) is 84.9 Å². The van der Waals surface area contributed by atoms with E-state index in [-0.39, 0.29) is 18.6 Å². The lowest BCUT2D eigenvalue weighted by atomic mass is 10.1. The Kier molecular flexibility index (Phi) is 8.11. The minimum absolute atomic E-state index is 0.00738. The normalized spacial score (nSPS) is 11.3. The maximum atomic E-state index is 13.4. The Bertz CT molecular complexity index is 1090.